The summed E-state index contributed by atoms with van der Waals surface area (Å²) in [5, 5.41) is 22.8. The van der Waals surface area contributed by atoms with E-state index in [1.54, 1.807) is 12.3 Å². The van der Waals surface area contributed by atoms with E-state index in [2.05, 4.69) is 31.1 Å². The third-order valence-electron chi connectivity index (χ3n) is 5.76. The highest BCUT2D eigenvalue weighted by atomic mass is 79.9. The van der Waals surface area contributed by atoms with Crippen molar-refractivity contribution in [2.45, 2.75) is 44.2 Å². The molecule has 138 valence electrons. The van der Waals surface area contributed by atoms with Crippen molar-refractivity contribution in [1.82, 2.24) is 9.88 Å². The first-order valence-corrected chi connectivity index (χ1v) is 10.1. The molecule has 3 heterocycles. The number of nitriles is 1. The Kier molecular flexibility index (Phi) is 5.16. The predicted molar refractivity (Wildman–Crippen MR) is 103 cm³/mol. The molecule has 4 rings (SSSR count). The van der Waals surface area contributed by atoms with Gasteiger partial charge in [-0.1, -0.05) is 0 Å². The van der Waals surface area contributed by atoms with E-state index in [1.807, 2.05) is 6.07 Å². The molecule has 7 heteroatoms. The minimum absolute atomic E-state index is 0.298. The van der Waals surface area contributed by atoms with E-state index in [4.69, 9.17) is 9.68 Å². The summed E-state index contributed by atoms with van der Waals surface area (Å²) in [7, 11) is 0. The van der Waals surface area contributed by atoms with Gasteiger partial charge in [-0.2, -0.15) is 5.26 Å². The summed E-state index contributed by atoms with van der Waals surface area (Å²) in [6, 6.07) is 4.83. The Morgan fingerprint density at radius 1 is 1.35 bits per heavy atom. The minimum atomic E-state index is 0.298. The fourth-order valence-electron chi connectivity index (χ4n) is 4.26. The van der Waals surface area contributed by atoms with E-state index in [1.165, 1.54) is 12.8 Å². The number of furan rings is 1. The number of rotatable bonds is 4. The highest BCUT2D eigenvalue weighted by Gasteiger charge is 2.31. The number of likely N-dealkylation sites (tertiary alicyclic amines) is 1. The molecule has 1 aliphatic heterocycles. The van der Waals surface area contributed by atoms with Gasteiger partial charge in [0.1, 0.15) is 11.9 Å². The molecule has 0 bridgehead atoms. The van der Waals surface area contributed by atoms with Gasteiger partial charge in [0.25, 0.3) is 0 Å². The van der Waals surface area contributed by atoms with Crippen molar-refractivity contribution < 1.29 is 9.52 Å². The number of aliphatic hydroxyl groups is 1. The predicted octanol–water partition coefficient (Wildman–Crippen LogP) is 3.50. The van der Waals surface area contributed by atoms with E-state index in [0.29, 0.717) is 36.0 Å². The van der Waals surface area contributed by atoms with Gasteiger partial charge >= 0.3 is 0 Å². The largest absolute Gasteiger partial charge is 0.444 e. The van der Waals surface area contributed by atoms with Crippen LogP contribution >= 0.6 is 15.9 Å². The van der Waals surface area contributed by atoms with Crippen molar-refractivity contribution in [3.63, 3.8) is 0 Å². The standard InChI is InChI=1S/C19H23BrN4O2/c20-18-16-7-15(8-21)26-17(16)9-22-19(18)23-13-1-3-14(4-2-13)24-6-5-12(10-24)11-25/h7,9,12-14,25H,1-6,10-11H2,(H,22,23)/t12-,13?,14?/m0/s1. The van der Waals surface area contributed by atoms with Crippen molar-refractivity contribution in [2.75, 3.05) is 25.0 Å². The normalized spacial score (nSPS) is 26.9. The molecule has 0 aromatic carbocycles. The molecule has 2 aromatic rings. The average molecular weight is 419 g/mol. The molecule has 2 N–H and O–H groups in total. The molecule has 2 aliphatic rings. The van der Waals surface area contributed by atoms with E-state index in [9.17, 15) is 5.11 Å². The zero-order valence-electron chi connectivity index (χ0n) is 14.6. The van der Waals surface area contributed by atoms with Crippen LogP contribution in [0, 0.1) is 17.2 Å². The van der Waals surface area contributed by atoms with Crippen LogP contribution < -0.4 is 5.32 Å². The van der Waals surface area contributed by atoms with Crippen LogP contribution in [-0.2, 0) is 0 Å². The zero-order chi connectivity index (χ0) is 18.1. The molecule has 2 aromatic heterocycles. The van der Waals surface area contributed by atoms with Crippen LogP contribution in [-0.4, -0.2) is 46.8 Å². The second-order valence-electron chi connectivity index (χ2n) is 7.40. The molecule has 0 radical (unpaired) electrons. The van der Waals surface area contributed by atoms with Gasteiger partial charge in [0.05, 0.1) is 10.7 Å². The second-order valence-corrected chi connectivity index (χ2v) is 8.20. The lowest BCUT2D eigenvalue weighted by Crippen LogP contribution is -2.39. The van der Waals surface area contributed by atoms with Gasteiger partial charge in [-0.3, -0.25) is 0 Å². The van der Waals surface area contributed by atoms with Crippen molar-refractivity contribution >= 4 is 32.7 Å². The first-order valence-electron chi connectivity index (χ1n) is 9.27. The van der Waals surface area contributed by atoms with Crippen LogP contribution in [0.3, 0.4) is 0 Å². The molecule has 1 saturated carbocycles. The maximum Gasteiger partial charge on any atom is 0.204 e. The van der Waals surface area contributed by atoms with Gasteiger partial charge in [0.2, 0.25) is 5.76 Å². The Hall–Kier alpha value is -1.62. The quantitative estimate of drug-likeness (QED) is 0.789. The van der Waals surface area contributed by atoms with Crippen LogP contribution in [0.15, 0.2) is 21.2 Å². The summed E-state index contributed by atoms with van der Waals surface area (Å²) in [6.07, 6.45) is 7.40. The maximum atomic E-state index is 9.33. The Bertz CT molecular complexity index is 823. The van der Waals surface area contributed by atoms with Crippen LogP contribution in [0.1, 0.15) is 37.9 Å². The number of fused-ring (bicyclic) bond motifs is 1. The molecule has 1 atom stereocenters. The number of aromatic nitrogens is 1. The third-order valence-corrected chi connectivity index (χ3v) is 6.56. The number of pyridine rings is 1. The Labute approximate surface area is 161 Å². The lowest BCUT2D eigenvalue weighted by atomic mass is 9.90. The molecule has 0 spiro atoms. The molecule has 1 saturated heterocycles. The van der Waals surface area contributed by atoms with Crippen molar-refractivity contribution in [3.8, 4) is 6.07 Å². The summed E-state index contributed by atoms with van der Waals surface area (Å²) in [5.74, 6) is 1.57. The van der Waals surface area contributed by atoms with E-state index >= 15 is 0 Å². The van der Waals surface area contributed by atoms with Crippen molar-refractivity contribution in [3.05, 3.63) is 22.5 Å². The van der Waals surface area contributed by atoms with Gasteiger partial charge in [-0.05, 0) is 60.5 Å². The topological polar surface area (TPSA) is 85.3 Å². The maximum absolute atomic E-state index is 9.33. The molecular weight excluding hydrogens is 396 g/mol. The number of nitrogens with one attached hydrogen (secondary N) is 1. The van der Waals surface area contributed by atoms with Crippen molar-refractivity contribution in [1.29, 1.82) is 5.26 Å². The molecule has 0 unspecified atom stereocenters. The van der Waals surface area contributed by atoms with E-state index in [0.717, 1.165) is 48.0 Å². The first kappa shape index (κ1) is 17.8. The molecular formula is C19H23BrN4O2. The highest BCUT2D eigenvalue weighted by molar-refractivity contribution is 9.10. The van der Waals surface area contributed by atoms with Gasteiger partial charge in [0.15, 0.2) is 5.58 Å². The van der Waals surface area contributed by atoms with E-state index in [-0.39, 0.29) is 0 Å². The number of halogens is 1. The number of aliphatic hydroxyl groups excluding tert-OH is 1. The zero-order valence-corrected chi connectivity index (χ0v) is 16.2. The van der Waals surface area contributed by atoms with Crippen LogP contribution in [0.5, 0.6) is 0 Å². The lowest BCUT2D eigenvalue weighted by molar-refractivity contribution is 0.165. The van der Waals surface area contributed by atoms with Crippen LogP contribution in [0.2, 0.25) is 0 Å². The molecule has 26 heavy (non-hydrogen) atoms. The summed E-state index contributed by atoms with van der Waals surface area (Å²) in [6.45, 7) is 2.49. The van der Waals surface area contributed by atoms with Crippen LogP contribution in [0.25, 0.3) is 11.0 Å². The van der Waals surface area contributed by atoms with Gasteiger partial charge < -0.3 is 19.7 Å². The number of nitrogens with zero attached hydrogens (tertiary/aromatic N) is 3. The molecule has 0 amide bonds. The summed E-state index contributed by atoms with van der Waals surface area (Å²) in [5.41, 5.74) is 0.621. The van der Waals surface area contributed by atoms with Crippen LogP contribution in [0.4, 0.5) is 5.82 Å². The second kappa shape index (κ2) is 7.55. The Morgan fingerprint density at radius 3 is 2.85 bits per heavy atom. The highest BCUT2D eigenvalue weighted by Crippen LogP contribution is 2.34. The van der Waals surface area contributed by atoms with E-state index < -0.39 is 0 Å². The fraction of sp³-hybridized carbons (Fsp3) is 0.579. The summed E-state index contributed by atoms with van der Waals surface area (Å²) < 4.78 is 6.28. The fourth-order valence-corrected chi connectivity index (χ4v) is 4.78. The average Bonchev–Trinajstić information content (AvgIpc) is 3.31. The smallest absolute Gasteiger partial charge is 0.204 e. The lowest BCUT2D eigenvalue weighted by Gasteiger charge is -2.35. The Morgan fingerprint density at radius 2 is 2.15 bits per heavy atom. The third kappa shape index (κ3) is 3.46. The van der Waals surface area contributed by atoms with Gasteiger partial charge in [-0.15, -0.1) is 0 Å². The summed E-state index contributed by atoms with van der Waals surface area (Å²) in [4.78, 5) is 7.03. The minimum Gasteiger partial charge on any atom is -0.444 e. The van der Waals surface area contributed by atoms with Gasteiger partial charge in [-0.25, -0.2) is 4.98 Å². The van der Waals surface area contributed by atoms with Crippen molar-refractivity contribution in [2.24, 2.45) is 5.92 Å². The molecule has 1 aliphatic carbocycles. The SMILES string of the molecule is N#Cc1cc2c(Br)c(NC3CCC(N4CC[C@H](CO)C4)CC3)ncc2o1. The Balaban J connectivity index is 1.38. The molecule has 6 nitrogen and oxygen atoms in total. The monoisotopic (exact) mass is 418 g/mol. The number of anilines is 1. The number of hydrogen-bond acceptors (Lipinski definition) is 6. The number of hydrogen-bond donors (Lipinski definition) is 2. The molecule has 2 fully saturated rings. The summed E-state index contributed by atoms with van der Waals surface area (Å²) >= 11 is 3.61. The van der Waals surface area contributed by atoms with Gasteiger partial charge in [0, 0.05) is 36.7 Å². The first-order chi connectivity index (χ1) is 12.7.